The standard InChI is InChI=1S/C25H29N3O6S/c1-17-5-6-18(2)22(13-17)34-25-10-7-19(16-27-25)15-26-24(29)11-12-28-35(30,31)20-8-9-21(32-3)23(14-20)33-4/h5-10,13-14,16,28H,11-12,15H2,1-4H3,(H,26,29). The number of hydrogen-bond acceptors (Lipinski definition) is 7. The second-order valence-corrected chi connectivity index (χ2v) is 9.58. The molecule has 0 bridgehead atoms. The van der Waals surface area contributed by atoms with Crippen molar-refractivity contribution in [2.75, 3.05) is 20.8 Å². The number of nitrogens with one attached hydrogen (secondary N) is 2. The van der Waals surface area contributed by atoms with Gasteiger partial charge < -0.3 is 19.5 Å². The van der Waals surface area contributed by atoms with Crippen molar-refractivity contribution in [1.82, 2.24) is 15.0 Å². The van der Waals surface area contributed by atoms with Crippen LogP contribution in [0.2, 0.25) is 0 Å². The first-order chi connectivity index (χ1) is 16.7. The average Bonchev–Trinajstić information content (AvgIpc) is 2.85. The number of hydrogen-bond donors (Lipinski definition) is 2. The Hall–Kier alpha value is -3.63. The molecule has 0 saturated heterocycles. The number of aryl methyl sites for hydroxylation is 2. The van der Waals surface area contributed by atoms with Crippen LogP contribution in [0, 0.1) is 13.8 Å². The van der Waals surface area contributed by atoms with Crippen molar-refractivity contribution in [2.45, 2.75) is 31.7 Å². The first-order valence-corrected chi connectivity index (χ1v) is 12.4. The van der Waals surface area contributed by atoms with Crippen LogP contribution >= 0.6 is 0 Å². The lowest BCUT2D eigenvalue weighted by molar-refractivity contribution is -0.121. The molecular formula is C25H29N3O6S. The van der Waals surface area contributed by atoms with E-state index in [1.54, 1.807) is 12.3 Å². The smallest absolute Gasteiger partial charge is 0.240 e. The number of rotatable bonds is 11. The fourth-order valence-electron chi connectivity index (χ4n) is 3.16. The van der Waals surface area contributed by atoms with Crippen molar-refractivity contribution in [3.05, 3.63) is 71.4 Å². The van der Waals surface area contributed by atoms with Gasteiger partial charge in [0.1, 0.15) is 5.75 Å². The Labute approximate surface area is 205 Å². The molecule has 1 amide bonds. The molecule has 0 aliphatic carbocycles. The number of aromatic nitrogens is 1. The number of pyridine rings is 1. The highest BCUT2D eigenvalue weighted by atomic mass is 32.2. The van der Waals surface area contributed by atoms with E-state index in [2.05, 4.69) is 15.0 Å². The van der Waals surface area contributed by atoms with Crippen LogP contribution in [0.5, 0.6) is 23.1 Å². The summed E-state index contributed by atoms with van der Waals surface area (Å²) in [6, 6.07) is 13.8. The second-order valence-electron chi connectivity index (χ2n) is 7.82. The molecule has 10 heteroatoms. The average molecular weight is 500 g/mol. The van der Waals surface area contributed by atoms with Crippen LogP contribution in [-0.4, -0.2) is 40.1 Å². The molecule has 0 aliphatic heterocycles. The van der Waals surface area contributed by atoms with Gasteiger partial charge in [0.15, 0.2) is 11.5 Å². The number of sulfonamides is 1. The molecule has 0 saturated carbocycles. The van der Waals surface area contributed by atoms with E-state index in [-0.39, 0.29) is 30.3 Å². The highest BCUT2D eigenvalue weighted by Gasteiger charge is 2.17. The maximum Gasteiger partial charge on any atom is 0.240 e. The summed E-state index contributed by atoms with van der Waals surface area (Å²) >= 11 is 0. The second kappa shape index (κ2) is 11.7. The van der Waals surface area contributed by atoms with Gasteiger partial charge in [-0.3, -0.25) is 4.79 Å². The number of carbonyl (C=O) groups excluding carboxylic acids is 1. The van der Waals surface area contributed by atoms with E-state index in [0.29, 0.717) is 17.4 Å². The van der Waals surface area contributed by atoms with Crippen molar-refractivity contribution < 1.29 is 27.4 Å². The lowest BCUT2D eigenvalue weighted by Gasteiger charge is -2.11. The molecule has 2 aromatic carbocycles. The van der Waals surface area contributed by atoms with Gasteiger partial charge >= 0.3 is 0 Å². The van der Waals surface area contributed by atoms with E-state index in [1.807, 2.05) is 38.1 Å². The molecule has 0 unspecified atom stereocenters. The summed E-state index contributed by atoms with van der Waals surface area (Å²) in [5.41, 5.74) is 2.89. The molecule has 0 atom stereocenters. The van der Waals surface area contributed by atoms with E-state index in [1.165, 1.54) is 32.4 Å². The number of amides is 1. The third kappa shape index (κ3) is 7.17. The predicted octanol–water partition coefficient (Wildman–Crippen LogP) is 3.49. The summed E-state index contributed by atoms with van der Waals surface area (Å²) in [7, 11) is -0.917. The molecule has 0 radical (unpaired) electrons. The summed E-state index contributed by atoms with van der Waals surface area (Å²) in [6.07, 6.45) is 1.61. The molecule has 0 spiro atoms. The zero-order valence-electron chi connectivity index (χ0n) is 20.1. The van der Waals surface area contributed by atoms with E-state index in [4.69, 9.17) is 14.2 Å². The van der Waals surface area contributed by atoms with Gasteiger partial charge in [-0.15, -0.1) is 0 Å². The molecule has 3 rings (SSSR count). The largest absolute Gasteiger partial charge is 0.493 e. The lowest BCUT2D eigenvalue weighted by Crippen LogP contribution is -2.30. The van der Waals surface area contributed by atoms with Crippen LogP contribution in [0.15, 0.2) is 59.6 Å². The normalized spacial score (nSPS) is 11.1. The van der Waals surface area contributed by atoms with Crippen LogP contribution in [-0.2, 0) is 21.4 Å². The Bertz CT molecular complexity index is 1280. The highest BCUT2D eigenvalue weighted by Crippen LogP contribution is 2.29. The van der Waals surface area contributed by atoms with Crippen LogP contribution in [0.25, 0.3) is 0 Å². The molecule has 2 N–H and O–H groups in total. The topological polar surface area (TPSA) is 116 Å². The Balaban J connectivity index is 1.47. The quantitative estimate of drug-likeness (QED) is 0.415. The van der Waals surface area contributed by atoms with Crippen molar-refractivity contribution >= 4 is 15.9 Å². The van der Waals surface area contributed by atoms with Crippen LogP contribution in [0.3, 0.4) is 0 Å². The minimum Gasteiger partial charge on any atom is -0.493 e. The number of carbonyl (C=O) groups is 1. The maximum absolute atomic E-state index is 12.5. The first kappa shape index (κ1) is 26.0. The zero-order valence-corrected chi connectivity index (χ0v) is 20.9. The number of methoxy groups -OCH3 is 2. The fraction of sp³-hybridized carbons (Fsp3) is 0.280. The Kier molecular flexibility index (Phi) is 8.67. The van der Waals surface area contributed by atoms with Gasteiger partial charge in [0.25, 0.3) is 0 Å². The summed E-state index contributed by atoms with van der Waals surface area (Å²) in [5.74, 6) is 1.63. The van der Waals surface area contributed by atoms with Gasteiger partial charge in [0.05, 0.1) is 19.1 Å². The fourth-order valence-corrected chi connectivity index (χ4v) is 4.21. The van der Waals surface area contributed by atoms with Crippen molar-refractivity contribution in [3.8, 4) is 23.1 Å². The van der Waals surface area contributed by atoms with Gasteiger partial charge in [0, 0.05) is 37.8 Å². The van der Waals surface area contributed by atoms with Crippen LogP contribution < -0.4 is 24.2 Å². The molecule has 1 aromatic heterocycles. The maximum atomic E-state index is 12.5. The molecule has 35 heavy (non-hydrogen) atoms. The van der Waals surface area contributed by atoms with Gasteiger partial charge in [-0.1, -0.05) is 18.2 Å². The predicted molar refractivity (Wildman–Crippen MR) is 131 cm³/mol. The monoisotopic (exact) mass is 499 g/mol. The summed E-state index contributed by atoms with van der Waals surface area (Å²) in [5, 5.41) is 2.75. The summed E-state index contributed by atoms with van der Waals surface area (Å²) in [6.45, 7) is 4.17. The van der Waals surface area contributed by atoms with Crippen molar-refractivity contribution in [3.63, 3.8) is 0 Å². The zero-order chi connectivity index (χ0) is 25.4. The third-order valence-corrected chi connectivity index (χ3v) is 6.61. The molecule has 0 fully saturated rings. The molecule has 9 nitrogen and oxygen atoms in total. The third-order valence-electron chi connectivity index (χ3n) is 5.15. The van der Waals surface area contributed by atoms with Crippen LogP contribution in [0.1, 0.15) is 23.1 Å². The highest BCUT2D eigenvalue weighted by molar-refractivity contribution is 7.89. The minimum atomic E-state index is -3.81. The van der Waals surface area contributed by atoms with Gasteiger partial charge in [0.2, 0.25) is 21.8 Å². The SMILES string of the molecule is COc1ccc(S(=O)(=O)NCCC(=O)NCc2ccc(Oc3cc(C)ccc3C)nc2)cc1OC. The van der Waals surface area contributed by atoms with Gasteiger partial charge in [-0.05, 0) is 48.7 Å². The molecule has 1 heterocycles. The summed E-state index contributed by atoms with van der Waals surface area (Å²) < 4.78 is 43.5. The van der Waals surface area contributed by atoms with E-state index >= 15 is 0 Å². The van der Waals surface area contributed by atoms with Gasteiger partial charge in [-0.25, -0.2) is 18.1 Å². The lowest BCUT2D eigenvalue weighted by atomic mass is 10.1. The van der Waals surface area contributed by atoms with E-state index < -0.39 is 10.0 Å². The molecule has 186 valence electrons. The number of benzene rings is 2. The van der Waals surface area contributed by atoms with Crippen molar-refractivity contribution in [1.29, 1.82) is 0 Å². The van der Waals surface area contributed by atoms with Crippen molar-refractivity contribution in [2.24, 2.45) is 0 Å². The van der Waals surface area contributed by atoms with Gasteiger partial charge in [-0.2, -0.15) is 0 Å². The number of ether oxygens (including phenoxy) is 3. The van der Waals surface area contributed by atoms with Crippen LogP contribution in [0.4, 0.5) is 0 Å². The van der Waals surface area contributed by atoms with E-state index in [0.717, 1.165) is 22.4 Å². The number of nitrogens with zero attached hydrogens (tertiary/aromatic N) is 1. The Morgan fingerprint density at radius 3 is 2.40 bits per heavy atom. The summed E-state index contributed by atoms with van der Waals surface area (Å²) in [4.78, 5) is 16.5. The Morgan fingerprint density at radius 2 is 1.71 bits per heavy atom. The van der Waals surface area contributed by atoms with E-state index in [9.17, 15) is 13.2 Å². The molecular weight excluding hydrogens is 470 g/mol. The molecule has 0 aliphatic rings. The first-order valence-electron chi connectivity index (χ1n) is 10.9. The minimum absolute atomic E-state index is 0.0183. The molecule has 3 aromatic rings. The Morgan fingerprint density at radius 1 is 0.943 bits per heavy atom.